The normalized spacial score (nSPS) is 16.3. The lowest BCUT2D eigenvalue weighted by atomic mass is 9.87. The van der Waals surface area contributed by atoms with Gasteiger partial charge in [0.2, 0.25) is 0 Å². The van der Waals surface area contributed by atoms with Crippen LogP contribution < -0.4 is 0 Å². The Balaban J connectivity index is 1.77. The molecule has 1 amide bonds. The number of amides is 1. The standard InChI is InChI=1S/C20H25FN2O2/c1-13-5-6-16-17(11-15(21)12-18(16)22-13)14-7-9-23(10-8-14)19(24)25-20(2,3)4/h5-6,11-12,14H,7-10H2,1-4H3. The highest BCUT2D eigenvalue weighted by Gasteiger charge is 2.28. The van der Waals surface area contributed by atoms with Crippen molar-refractivity contribution in [1.82, 2.24) is 9.88 Å². The fourth-order valence-corrected chi connectivity index (χ4v) is 3.37. The van der Waals surface area contributed by atoms with Crippen LogP contribution in [0.25, 0.3) is 10.9 Å². The van der Waals surface area contributed by atoms with E-state index in [0.29, 0.717) is 18.6 Å². The summed E-state index contributed by atoms with van der Waals surface area (Å²) in [6, 6.07) is 7.08. The summed E-state index contributed by atoms with van der Waals surface area (Å²) in [4.78, 5) is 18.4. The Hall–Kier alpha value is -2.17. The lowest BCUT2D eigenvalue weighted by Crippen LogP contribution is -2.41. The fourth-order valence-electron chi connectivity index (χ4n) is 3.37. The van der Waals surface area contributed by atoms with E-state index in [9.17, 15) is 9.18 Å². The van der Waals surface area contributed by atoms with Crippen LogP contribution in [0.2, 0.25) is 0 Å². The molecule has 134 valence electrons. The van der Waals surface area contributed by atoms with Gasteiger partial charge in [-0.15, -0.1) is 0 Å². The van der Waals surface area contributed by atoms with Crippen molar-refractivity contribution in [3.63, 3.8) is 0 Å². The first-order valence-electron chi connectivity index (χ1n) is 8.78. The Morgan fingerprint density at radius 3 is 2.56 bits per heavy atom. The van der Waals surface area contributed by atoms with E-state index in [1.54, 1.807) is 11.0 Å². The largest absolute Gasteiger partial charge is 0.444 e. The number of likely N-dealkylation sites (tertiary alicyclic amines) is 1. The molecule has 1 aromatic heterocycles. The molecule has 0 N–H and O–H groups in total. The molecule has 2 aromatic rings. The predicted molar refractivity (Wildman–Crippen MR) is 96.2 cm³/mol. The highest BCUT2D eigenvalue weighted by atomic mass is 19.1. The third-order valence-corrected chi connectivity index (χ3v) is 4.53. The van der Waals surface area contributed by atoms with Gasteiger partial charge in [0.25, 0.3) is 0 Å². The summed E-state index contributed by atoms with van der Waals surface area (Å²) in [7, 11) is 0. The minimum atomic E-state index is -0.490. The van der Waals surface area contributed by atoms with Crippen molar-refractivity contribution in [2.45, 2.75) is 52.1 Å². The monoisotopic (exact) mass is 344 g/mol. The van der Waals surface area contributed by atoms with Crippen molar-refractivity contribution in [3.05, 3.63) is 41.3 Å². The average molecular weight is 344 g/mol. The molecule has 1 aromatic carbocycles. The number of aromatic nitrogens is 1. The number of nitrogens with zero attached hydrogens (tertiary/aromatic N) is 2. The second kappa shape index (κ2) is 6.62. The van der Waals surface area contributed by atoms with Crippen LogP contribution in [0.15, 0.2) is 24.3 Å². The van der Waals surface area contributed by atoms with Crippen molar-refractivity contribution < 1.29 is 13.9 Å². The van der Waals surface area contributed by atoms with Crippen LogP contribution >= 0.6 is 0 Å². The van der Waals surface area contributed by atoms with Crippen molar-refractivity contribution in [3.8, 4) is 0 Å². The summed E-state index contributed by atoms with van der Waals surface area (Å²) < 4.78 is 19.5. The van der Waals surface area contributed by atoms with Gasteiger partial charge in [0.05, 0.1) is 5.52 Å². The maximum Gasteiger partial charge on any atom is 0.410 e. The number of carbonyl (C=O) groups excluding carboxylic acids is 1. The Morgan fingerprint density at radius 1 is 1.24 bits per heavy atom. The van der Waals surface area contributed by atoms with Crippen LogP contribution in [0.5, 0.6) is 0 Å². The van der Waals surface area contributed by atoms with Gasteiger partial charge in [0.1, 0.15) is 11.4 Å². The van der Waals surface area contributed by atoms with E-state index in [-0.39, 0.29) is 17.8 Å². The van der Waals surface area contributed by atoms with Crippen LogP contribution in [0.1, 0.15) is 50.8 Å². The number of hydrogen-bond acceptors (Lipinski definition) is 3. The second-order valence-electron chi connectivity index (χ2n) is 7.76. The zero-order chi connectivity index (χ0) is 18.2. The molecular weight excluding hydrogens is 319 g/mol. The molecule has 0 bridgehead atoms. The van der Waals surface area contributed by atoms with Crippen LogP contribution in [-0.2, 0) is 4.74 Å². The van der Waals surface area contributed by atoms with Gasteiger partial charge in [-0.3, -0.25) is 4.98 Å². The maximum absolute atomic E-state index is 14.0. The zero-order valence-electron chi connectivity index (χ0n) is 15.3. The van der Waals surface area contributed by atoms with E-state index < -0.39 is 5.60 Å². The highest BCUT2D eigenvalue weighted by Crippen LogP contribution is 2.34. The SMILES string of the molecule is Cc1ccc2c(C3CCN(C(=O)OC(C)(C)C)CC3)cc(F)cc2n1. The summed E-state index contributed by atoms with van der Waals surface area (Å²) in [6.45, 7) is 8.75. The zero-order valence-corrected chi connectivity index (χ0v) is 15.3. The lowest BCUT2D eigenvalue weighted by Gasteiger charge is -2.34. The number of piperidine rings is 1. The number of ether oxygens (including phenoxy) is 1. The van der Waals surface area contributed by atoms with Crippen molar-refractivity contribution in [2.75, 3.05) is 13.1 Å². The first kappa shape index (κ1) is 17.6. The molecule has 4 nitrogen and oxygen atoms in total. The third-order valence-electron chi connectivity index (χ3n) is 4.53. The first-order valence-corrected chi connectivity index (χ1v) is 8.78. The summed E-state index contributed by atoms with van der Waals surface area (Å²) in [6.07, 6.45) is 1.32. The molecule has 2 heterocycles. The number of carbonyl (C=O) groups is 1. The van der Waals surface area contributed by atoms with Crippen LogP contribution in [0.3, 0.4) is 0 Å². The molecule has 0 aliphatic carbocycles. The quantitative estimate of drug-likeness (QED) is 0.746. The van der Waals surface area contributed by atoms with Gasteiger partial charge in [-0.1, -0.05) is 6.07 Å². The molecule has 1 aliphatic rings. The summed E-state index contributed by atoms with van der Waals surface area (Å²) in [5.41, 5.74) is 2.08. The number of rotatable bonds is 1. The Bertz CT molecular complexity index is 785. The Morgan fingerprint density at radius 2 is 1.92 bits per heavy atom. The minimum Gasteiger partial charge on any atom is -0.444 e. The first-order chi connectivity index (χ1) is 11.7. The summed E-state index contributed by atoms with van der Waals surface area (Å²) >= 11 is 0. The molecule has 0 unspecified atom stereocenters. The molecule has 1 fully saturated rings. The molecule has 3 rings (SSSR count). The van der Waals surface area contributed by atoms with E-state index in [2.05, 4.69) is 4.98 Å². The Labute approximate surface area is 148 Å². The molecule has 5 heteroatoms. The number of pyridine rings is 1. The number of hydrogen-bond donors (Lipinski definition) is 0. The van der Waals surface area contributed by atoms with Gasteiger partial charge in [0, 0.05) is 30.2 Å². The van der Waals surface area contributed by atoms with Gasteiger partial charge >= 0.3 is 6.09 Å². The number of fused-ring (bicyclic) bond motifs is 1. The van der Waals surface area contributed by atoms with Crippen molar-refractivity contribution in [1.29, 1.82) is 0 Å². The molecule has 0 spiro atoms. The van der Waals surface area contributed by atoms with Gasteiger partial charge in [0.15, 0.2) is 0 Å². The summed E-state index contributed by atoms with van der Waals surface area (Å²) in [5.74, 6) is -0.0310. The third kappa shape index (κ3) is 4.09. The van der Waals surface area contributed by atoms with Crippen LogP contribution in [-0.4, -0.2) is 34.7 Å². The van der Waals surface area contributed by atoms with Crippen LogP contribution in [0.4, 0.5) is 9.18 Å². The van der Waals surface area contributed by atoms with Crippen molar-refractivity contribution >= 4 is 17.0 Å². The van der Waals surface area contributed by atoms with Crippen LogP contribution in [0, 0.1) is 12.7 Å². The molecule has 1 aliphatic heterocycles. The molecule has 0 saturated carbocycles. The van der Waals surface area contributed by atoms with Gasteiger partial charge < -0.3 is 9.64 Å². The van der Waals surface area contributed by atoms with E-state index in [4.69, 9.17) is 4.74 Å². The maximum atomic E-state index is 14.0. The predicted octanol–water partition coefficient (Wildman–Crippen LogP) is 4.80. The minimum absolute atomic E-state index is 0.224. The number of aryl methyl sites for hydroxylation is 1. The molecule has 0 radical (unpaired) electrons. The Kier molecular flexibility index (Phi) is 4.67. The summed E-state index contributed by atoms with van der Waals surface area (Å²) in [5, 5.41) is 1.00. The smallest absolute Gasteiger partial charge is 0.410 e. The topological polar surface area (TPSA) is 42.4 Å². The fraction of sp³-hybridized carbons (Fsp3) is 0.500. The van der Waals surface area contributed by atoms with Gasteiger partial charge in [-0.2, -0.15) is 0 Å². The average Bonchev–Trinajstić information content (AvgIpc) is 2.52. The van der Waals surface area contributed by atoms with E-state index in [1.807, 2.05) is 39.8 Å². The van der Waals surface area contributed by atoms with E-state index in [1.165, 1.54) is 6.07 Å². The molecule has 0 atom stereocenters. The molecular formula is C20H25FN2O2. The van der Waals surface area contributed by atoms with E-state index >= 15 is 0 Å². The number of benzene rings is 1. The highest BCUT2D eigenvalue weighted by molar-refractivity contribution is 5.83. The molecule has 25 heavy (non-hydrogen) atoms. The lowest BCUT2D eigenvalue weighted by molar-refractivity contribution is 0.0205. The van der Waals surface area contributed by atoms with E-state index in [0.717, 1.165) is 29.5 Å². The molecule has 1 saturated heterocycles. The van der Waals surface area contributed by atoms with Gasteiger partial charge in [-0.05, 0) is 64.2 Å². The number of halogens is 1. The second-order valence-corrected chi connectivity index (χ2v) is 7.76. The van der Waals surface area contributed by atoms with Gasteiger partial charge in [-0.25, -0.2) is 9.18 Å². The van der Waals surface area contributed by atoms with Crippen molar-refractivity contribution in [2.24, 2.45) is 0 Å².